The minimum atomic E-state index is -4.88. The quantitative estimate of drug-likeness (QED) is 0.848. The van der Waals surface area contributed by atoms with Crippen molar-refractivity contribution in [2.24, 2.45) is 0 Å². The molecule has 1 aromatic rings. The lowest BCUT2D eigenvalue weighted by molar-refractivity contribution is -0.139. The van der Waals surface area contributed by atoms with Gasteiger partial charge in [0.25, 0.3) is 0 Å². The summed E-state index contributed by atoms with van der Waals surface area (Å²) in [6.07, 6.45) is -5.32. The van der Waals surface area contributed by atoms with Crippen LogP contribution in [0.5, 0.6) is 0 Å². The van der Waals surface area contributed by atoms with Gasteiger partial charge in [-0.1, -0.05) is 11.6 Å². The van der Waals surface area contributed by atoms with E-state index in [1.807, 2.05) is 4.72 Å². The van der Waals surface area contributed by atoms with Gasteiger partial charge >= 0.3 is 6.18 Å². The normalized spacial score (nSPS) is 25.7. The SMILES string of the molecule is CC1OCCC1(O)CNS(=O)(=O)c1ccc(Cl)cc1C(F)(F)F. The topological polar surface area (TPSA) is 75.6 Å². The van der Waals surface area contributed by atoms with E-state index in [4.69, 9.17) is 16.3 Å². The summed E-state index contributed by atoms with van der Waals surface area (Å²) in [7, 11) is -4.48. The number of hydrogen-bond donors (Lipinski definition) is 2. The number of nitrogens with one attached hydrogen (secondary N) is 1. The maximum absolute atomic E-state index is 13.0. The molecule has 0 radical (unpaired) electrons. The van der Waals surface area contributed by atoms with Crippen LogP contribution in [0, 0.1) is 0 Å². The fraction of sp³-hybridized carbons (Fsp3) is 0.538. The average molecular weight is 374 g/mol. The highest BCUT2D eigenvalue weighted by Gasteiger charge is 2.42. The summed E-state index contributed by atoms with van der Waals surface area (Å²) < 4.78 is 70.6. The van der Waals surface area contributed by atoms with Crippen LogP contribution in [0.1, 0.15) is 18.9 Å². The predicted octanol–water partition coefficient (Wildman–Crippen LogP) is 2.18. The van der Waals surface area contributed by atoms with Crippen molar-refractivity contribution in [1.29, 1.82) is 0 Å². The molecule has 1 heterocycles. The number of alkyl halides is 3. The molecule has 0 spiro atoms. The van der Waals surface area contributed by atoms with Gasteiger partial charge in [-0.2, -0.15) is 13.2 Å². The van der Waals surface area contributed by atoms with Crippen LogP contribution in [0.15, 0.2) is 23.1 Å². The predicted molar refractivity (Wildman–Crippen MR) is 76.6 cm³/mol. The molecule has 0 saturated carbocycles. The Bertz CT molecular complexity index is 695. The smallest absolute Gasteiger partial charge is 0.386 e. The molecule has 1 saturated heterocycles. The van der Waals surface area contributed by atoms with E-state index in [0.717, 1.165) is 12.1 Å². The van der Waals surface area contributed by atoms with E-state index >= 15 is 0 Å². The monoisotopic (exact) mass is 373 g/mol. The summed E-state index contributed by atoms with van der Waals surface area (Å²) in [6, 6.07) is 2.39. The first kappa shape index (κ1) is 18.5. The van der Waals surface area contributed by atoms with Gasteiger partial charge in [-0.05, 0) is 25.1 Å². The van der Waals surface area contributed by atoms with Crippen molar-refractivity contribution in [3.63, 3.8) is 0 Å². The van der Waals surface area contributed by atoms with E-state index in [1.54, 1.807) is 6.92 Å². The van der Waals surface area contributed by atoms with E-state index in [0.29, 0.717) is 6.07 Å². The van der Waals surface area contributed by atoms with Gasteiger partial charge in [0.05, 0.1) is 16.6 Å². The van der Waals surface area contributed by atoms with Crippen LogP contribution in [0.4, 0.5) is 13.2 Å². The summed E-state index contributed by atoms with van der Waals surface area (Å²) in [4.78, 5) is -0.940. The summed E-state index contributed by atoms with van der Waals surface area (Å²) in [5, 5.41) is 10.0. The minimum absolute atomic E-state index is 0.184. The molecule has 1 aliphatic heterocycles. The highest BCUT2D eigenvalue weighted by molar-refractivity contribution is 7.89. The fourth-order valence-corrected chi connectivity index (χ4v) is 3.74. The summed E-state index contributed by atoms with van der Waals surface area (Å²) >= 11 is 5.52. The number of rotatable bonds is 4. The van der Waals surface area contributed by atoms with Crippen molar-refractivity contribution in [1.82, 2.24) is 4.72 Å². The number of benzene rings is 1. The van der Waals surface area contributed by atoms with Gasteiger partial charge < -0.3 is 9.84 Å². The number of ether oxygens (including phenoxy) is 1. The third-order valence-corrected chi connectivity index (χ3v) is 5.46. The third-order valence-electron chi connectivity index (χ3n) is 3.76. The van der Waals surface area contributed by atoms with Crippen LogP contribution in [-0.4, -0.2) is 38.4 Å². The number of halogens is 4. The molecule has 2 rings (SSSR count). The van der Waals surface area contributed by atoms with Gasteiger partial charge in [0.1, 0.15) is 5.60 Å². The second-order valence-corrected chi connectivity index (χ2v) is 7.50. The summed E-state index contributed by atoms with van der Waals surface area (Å²) in [5.74, 6) is 0. The average Bonchev–Trinajstić information content (AvgIpc) is 2.76. The van der Waals surface area contributed by atoms with E-state index in [2.05, 4.69) is 0 Å². The maximum Gasteiger partial charge on any atom is 0.417 e. The Kier molecular flexibility index (Phi) is 4.99. The van der Waals surface area contributed by atoms with Crippen molar-refractivity contribution in [3.8, 4) is 0 Å². The van der Waals surface area contributed by atoms with Gasteiger partial charge in [-0.3, -0.25) is 0 Å². The Labute approximate surface area is 136 Å². The molecular weight excluding hydrogens is 359 g/mol. The zero-order valence-corrected chi connectivity index (χ0v) is 13.6. The maximum atomic E-state index is 13.0. The minimum Gasteiger partial charge on any atom is -0.386 e. The molecule has 2 atom stereocenters. The second kappa shape index (κ2) is 6.21. The lowest BCUT2D eigenvalue weighted by Gasteiger charge is -2.26. The van der Waals surface area contributed by atoms with Gasteiger partial charge in [0.2, 0.25) is 10.0 Å². The van der Waals surface area contributed by atoms with Gasteiger partial charge in [0, 0.05) is 24.6 Å². The van der Waals surface area contributed by atoms with E-state index in [-0.39, 0.29) is 18.1 Å². The third kappa shape index (κ3) is 3.97. The Morgan fingerprint density at radius 2 is 2.13 bits per heavy atom. The summed E-state index contributed by atoms with van der Waals surface area (Å²) in [5.41, 5.74) is -2.82. The zero-order chi connectivity index (χ0) is 17.5. The van der Waals surface area contributed by atoms with Crippen molar-refractivity contribution in [2.45, 2.75) is 36.1 Å². The van der Waals surface area contributed by atoms with Crippen molar-refractivity contribution < 1.29 is 31.4 Å². The number of aliphatic hydroxyl groups is 1. The van der Waals surface area contributed by atoms with Crippen LogP contribution in [0.3, 0.4) is 0 Å². The van der Waals surface area contributed by atoms with Crippen molar-refractivity contribution in [2.75, 3.05) is 13.2 Å². The molecule has 0 amide bonds. The van der Waals surface area contributed by atoms with Gasteiger partial charge in [-0.15, -0.1) is 0 Å². The first-order valence-corrected chi connectivity index (χ1v) is 8.52. The lowest BCUT2D eigenvalue weighted by Crippen LogP contribution is -2.47. The highest BCUT2D eigenvalue weighted by Crippen LogP contribution is 2.36. The lowest BCUT2D eigenvalue weighted by atomic mass is 9.97. The van der Waals surface area contributed by atoms with E-state index in [9.17, 15) is 26.7 Å². The number of hydrogen-bond acceptors (Lipinski definition) is 4. The van der Waals surface area contributed by atoms with E-state index in [1.165, 1.54) is 0 Å². The molecule has 1 aliphatic rings. The molecule has 1 fully saturated rings. The van der Waals surface area contributed by atoms with Gasteiger partial charge in [0.15, 0.2) is 0 Å². The molecule has 1 aromatic carbocycles. The van der Waals surface area contributed by atoms with Crippen molar-refractivity contribution in [3.05, 3.63) is 28.8 Å². The van der Waals surface area contributed by atoms with Crippen LogP contribution in [0.25, 0.3) is 0 Å². The van der Waals surface area contributed by atoms with Crippen LogP contribution < -0.4 is 4.72 Å². The Balaban J connectivity index is 2.30. The molecule has 0 bridgehead atoms. The number of sulfonamides is 1. The molecule has 10 heteroatoms. The fourth-order valence-electron chi connectivity index (χ4n) is 2.26. The van der Waals surface area contributed by atoms with Gasteiger partial charge in [-0.25, -0.2) is 13.1 Å². The molecule has 2 unspecified atom stereocenters. The zero-order valence-electron chi connectivity index (χ0n) is 12.0. The van der Waals surface area contributed by atoms with Crippen LogP contribution in [-0.2, 0) is 20.9 Å². The first-order valence-electron chi connectivity index (χ1n) is 6.66. The molecule has 2 N–H and O–H groups in total. The van der Waals surface area contributed by atoms with Crippen LogP contribution in [0.2, 0.25) is 5.02 Å². The molecule has 130 valence electrons. The summed E-state index contributed by atoms with van der Waals surface area (Å²) in [6.45, 7) is 1.36. The largest absolute Gasteiger partial charge is 0.417 e. The van der Waals surface area contributed by atoms with Crippen LogP contribution >= 0.6 is 11.6 Å². The Morgan fingerprint density at radius 3 is 2.65 bits per heavy atom. The molecule has 23 heavy (non-hydrogen) atoms. The highest BCUT2D eigenvalue weighted by atomic mass is 35.5. The molecule has 0 aliphatic carbocycles. The second-order valence-electron chi connectivity index (χ2n) is 5.33. The Morgan fingerprint density at radius 1 is 1.48 bits per heavy atom. The Hall–Kier alpha value is -0.870. The van der Waals surface area contributed by atoms with E-state index < -0.39 is 44.9 Å². The van der Waals surface area contributed by atoms with Crippen molar-refractivity contribution >= 4 is 21.6 Å². The molecule has 5 nitrogen and oxygen atoms in total. The molecular formula is C13H15ClF3NO4S. The first-order chi connectivity index (χ1) is 10.5. The standard InChI is InChI=1S/C13H15ClF3NO4S/c1-8-12(19,4-5-22-8)7-18-23(20,21)11-3-2-9(14)6-10(11)13(15,16)17/h2-3,6,8,18-19H,4-5,7H2,1H3. The molecule has 0 aromatic heterocycles.